The van der Waals surface area contributed by atoms with Crippen LogP contribution >= 0.6 is 0 Å². The Labute approximate surface area is 152 Å². The van der Waals surface area contributed by atoms with Gasteiger partial charge in [0.05, 0.1) is 6.54 Å². The summed E-state index contributed by atoms with van der Waals surface area (Å²) in [7, 11) is 0. The maximum atomic E-state index is 14.2. The Morgan fingerprint density at radius 3 is 2.23 bits per heavy atom. The second-order valence-corrected chi connectivity index (χ2v) is 7.17. The van der Waals surface area contributed by atoms with Gasteiger partial charge in [-0.3, -0.25) is 4.99 Å². The van der Waals surface area contributed by atoms with Gasteiger partial charge in [-0.25, -0.2) is 0 Å². The molecule has 0 fully saturated rings. The number of aryl methyl sites for hydroxylation is 3. The van der Waals surface area contributed by atoms with Gasteiger partial charge >= 0.3 is 6.18 Å². The number of aliphatic imine (C=N–C) groups is 1. The van der Waals surface area contributed by atoms with E-state index in [9.17, 15) is 13.2 Å². The fraction of sp³-hybridized carbons (Fsp3) is 0.318. The molecule has 0 radical (unpaired) electrons. The molecule has 1 unspecified atom stereocenters. The molecular weight excluding hydrogens is 335 g/mol. The molecule has 0 aliphatic carbocycles. The van der Waals surface area contributed by atoms with Gasteiger partial charge < -0.3 is 0 Å². The minimum absolute atomic E-state index is 0.133. The van der Waals surface area contributed by atoms with Gasteiger partial charge in [-0.1, -0.05) is 54.1 Å². The molecule has 0 saturated carbocycles. The second kappa shape index (κ2) is 6.42. The summed E-state index contributed by atoms with van der Waals surface area (Å²) in [5.41, 5.74) is 3.25. The van der Waals surface area contributed by atoms with E-state index in [4.69, 9.17) is 0 Å². The van der Waals surface area contributed by atoms with Crippen LogP contribution in [-0.2, 0) is 5.41 Å². The van der Waals surface area contributed by atoms with Crippen molar-refractivity contribution in [3.8, 4) is 0 Å². The summed E-state index contributed by atoms with van der Waals surface area (Å²) in [6.45, 7) is 9.07. The molecule has 0 saturated heterocycles. The third-order valence-electron chi connectivity index (χ3n) is 5.15. The Balaban J connectivity index is 2.03. The summed E-state index contributed by atoms with van der Waals surface area (Å²) in [6.07, 6.45) is -2.76. The molecular formula is C22H22F3N. The molecule has 4 heteroatoms. The van der Waals surface area contributed by atoms with Crippen molar-refractivity contribution < 1.29 is 13.2 Å². The third kappa shape index (κ3) is 3.09. The van der Waals surface area contributed by atoms with Gasteiger partial charge in [0.2, 0.25) is 0 Å². The van der Waals surface area contributed by atoms with E-state index in [0.29, 0.717) is 11.3 Å². The van der Waals surface area contributed by atoms with Crippen LogP contribution in [0, 0.1) is 20.8 Å². The van der Waals surface area contributed by atoms with Crippen molar-refractivity contribution in [2.75, 3.05) is 6.54 Å². The number of halogens is 3. The zero-order chi connectivity index (χ0) is 19.1. The molecule has 1 aliphatic heterocycles. The van der Waals surface area contributed by atoms with Gasteiger partial charge in [0, 0.05) is 12.1 Å². The number of benzene rings is 2. The Hall–Kier alpha value is -2.36. The fourth-order valence-electron chi connectivity index (χ4n) is 3.70. The number of rotatable bonds is 3. The van der Waals surface area contributed by atoms with Crippen LogP contribution in [0.25, 0.3) is 6.08 Å². The number of hydrogen-bond donors (Lipinski definition) is 0. The molecule has 1 heterocycles. The number of hydrogen-bond acceptors (Lipinski definition) is 1. The molecule has 26 heavy (non-hydrogen) atoms. The van der Waals surface area contributed by atoms with Crippen molar-refractivity contribution in [3.63, 3.8) is 0 Å². The first-order valence-electron chi connectivity index (χ1n) is 8.58. The number of alkyl halides is 3. The zero-order valence-electron chi connectivity index (χ0n) is 15.2. The molecule has 0 spiro atoms. The summed E-state index contributed by atoms with van der Waals surface area (Å²) < 4.78 is 42.5. The monoisotopic (exact) mass is 357 g/mol. The minimum atomic E-state index is -4.37. The van der Waals surface area contributed by atoms with Crippen LogP contribution < -0.4 is 0 Å². The van der Waals surface area contributed by atoms with E-state index in [2.05, 4.69) is 11.6 Å². The van der Waals surface area contributed by atoms with Crippen molar-refractivity contribution in [3.05, 3.63) is 76.4 Å². The first kappa shape index (κ1) is 18.4. The van der Waals surface area contributed by atoms with Crippen LogP contribution in [0.3, 0.4) is 0 Å². The van der Waals surface area contributed by atoms with Crippen molar-refractivity contribution in [1.82, 2.24) is 0 Å². The van der Waals surface area contributed by atoms with Gasteiger partial charge in [-0.05, 0) is 49.1 Å². The van der Waals surface area contributed by atoms with Crippen molar-refractivity contribution >= 4 is 11.8 Å². The van der Waals surface area contributed by atoms with Crippen LogP contribution in [0.2, 0.25) is 0 Å². The predicted molar refractivity (Wildman–Crippen MR) is 101 cm³/mol. The summed E-state index contributed by atoms with van der Waals surface area (Å²) in [5, 5.41) is 0. The van der Waals surface area contributed by atoms with E-state index in [1.165, 1.54) is 0 Å². The SMILES string of the molecule is C=Cc1ccc(C2=NCC(c3cc(C)cc(C)c3)(C(F)(F)F)C2)cc1C. The summed E-state index contributed by atoms with van der Waals surface area (Å²) in [4.78, 5) is 4.33. The molecule has 2 aromatic carbocycles. The lowest BCUT2D eigenvalue weighted by atomic mass is 9.75. The smallest absolute Gasteiger partial charge is 0.288 e. The minimum Gasteiger partial charge on any atom is -0.288 e. The van der Waals surface area contributed by atoms with Crippen LogP contribution in [0.4, 0.5) is 13.2 Å². The molecule has 0 N–H and O–H groups in total. The van der Waals surface area contributed by atoms with E-state index in [1.807, 2.05) is 45.0 Å². The predicted octanol–water partition coefficient (Wildman–Crippen LogP) is 5.95. The van der Waals surface area contributed by atoms with Gasteiger partial charge in [0.25, 0.3) is 0 Å². The van der Waals surface area contributed by atoms with Crippen molar-refractivity contribution in [1.29, 1.82) is 0 Å². The third-order valence-corrected chi connectivity index (χ3v) is 5.15. The van der Waals surface area contributed by atoms with Gasteiger partial charge in [-0.2, -0.15) is 13.2 Å². The maximum Gasteiger partial charge on any atom is 0.400 e. The summed E-state index contributed by atoms with van der Waals surface area (Å²) >= 11 is 0. The number of nitrogens with zero attached hydrogens (tertiary/aromatic N) is 1. The second-order valence-electron chi connectivity index (χ2n) is 7.17. The van der Waals surface area contributed by atoms with E-state index in [-0.39, 0.29) is 13.0 Å². The average Bonchev–Trinajstić information content (AvgIpc) is 3.00. The van der Waals surface area contributed by atoms with Crippen molar-refractivity contribution in [2.45, 2.75) is 38.8 Å². The highest BCUT2D eigenvalue weighted by molar-refractivity contribution is 6.03. The molecule has 2 aromatic rings. The van der Waals surface area contributed by atoms with E-state index in [0.717, 1.165) is 27.8 Å². The first-order valence-corrected chi connectivity index (χ1v) is 8.58. The normalized spacial score (nSPS) is 20.2. The van der Waals surface area contributed by atoms with E-state index >= 15 is 0 Å². The molecule has 1 aliphatic rings. The van der Waals surface area contributed by atoms with E-state index in [1.54, 1.807) is 18.2 Å². The lowest BCUT2D eigenvalue weighted by molar-refractivity contribution is -0.183. The van der Waals surface area contributed by atoms with Gasteiger partial charge in [0.1, 0.15) is 5.41 Å². The standard InChI is InChI=1S/C22H22F3N/c1-5-17-6-7-18(11-16(17)4)20-12-21(13-26-20,22(23,24)25)19-9-14(2)8-15(3)10-19/h5-11H,1,12-13H2,2-4H3. The molecule has 1 nitrogen and oxygen atoms in total. The van der Waals surface area contributed by atoms with Crippen LogP contribution in [0.1, 0.15) is 39.8 Å². The summed E-state index contributed by atoms with van der Waals surface area (Å²) in [6, 6.07) is 10.8. The van der Waals surface area contributed by atoms with Crippen LogP contribution in [-0.4, -0.2) is 18.4 Å². The zero-order valence-corrected chi connectivity index (χ0v) is 15.2. The topological polar surface area (TPSA) is 12.4 Å². The van der Waals surface area contributed by atoms with Crippen molar-refractivity contribution in [2.24, 2.45) is 4.99 Å². The summed E-state index contributed by atoms with van der Waals surface area (Å²) in [5.74, 6) is 0. The molecule has 0 amide bonds. The lowest BCUT2D eigenvalue weighted by Crippen LogP contribution is -2.44. The highest BCUT2D eigenvalue weighted by Gasteiger charge is 2.58. The maximum absolute atomic E-state index is 14.2. The van der Waals surface area contributed by atoms with E-state index < -0.39 is 11.6 Å². The lowest BCUT2D eigenvalue weighted by Gasteiger charge is -2.32. The quantitative estimate of drug-likeness (QED) is 0.644. The molecule has 0 bridgehead atoms. The highest BCUT2D eigenvalue weighted by atomic mass is 19.4. The first-order chi connectivity index (χ1) is 12.2. The Kier molecular flexibility index (Phi) is 4.55. The van der Waals surface area contributed by atoms with Crippen LogP contribution in [0.15, 0.2) is 48.0 Å². The van der Waals surface area contributed by atoms with Gasteiger partial charge in [-0.15, -0.1) is 0 Å². The molecule has 3 rings (SSSR count). The molecule has 136 valence electrons. The molecule has 1 atom stereocenters. The van der Waals surface area contributed by atoms with Gasteiger partial charge in [0.15, 0.2) is 0 Å². The largest absolute Gasteiger partial charge is 0.400 e. The Morgan fingerprint density at radius 1 is 1.04 bits per heavy atom. The highest BCUT2D eigenvalue weighted by Crippen LogP contribution is 2.48. The Bertz CT molecular complexity index is 872. The Morgan fingerprint density at radius 2 is 1.69 bits per heavy atom. The fourth-order valence-corrected chi connectivity index (χ4v) is 3.70. The van der Waals surface area contributed by atoms with Crippen LogP contribution in [0.5, 0.6) is 0 Å². The molecule has 0 aromatic heterocycles. The average molecular weight is 357 g/mol.